The van der Waals surface area contributed by atoms with Crippen molar-refractivity contribution >= 4 is 5.97 Å². The molecule has 1 aliphatic heterocycles. The van der Waals surface area contributed by atoms with Crippen molar-refractivity contribution in [2.24, 2.45) is 0 Å². The van der Waals surface area contributed by atoms with Crippen LogP contribution in [0.25, 0.3) is 0 Å². The first kappa shape index (κ1) is 8.11. The molecule has 0 amide bonds. The van der Waals surface area contributed by atoms with Crippen molar-refractivity contribution < 1.29 is 9.53 Å². The fraction of sp³-hybridized carbons (Fsp3) is 0.625. The summed E-state index contributed by atoms with van der Waals surface area (Å²) in [6, 6.07) is -0.125. The summed E-state index contributed by atoms with van der Waals surface area (Å²) >= 11 is 0. The van der Waals surface area contributed by atoms with Crippen LogP contribution in [0.4, 0.5) is 0 Å². The number of ether oxygens (including phenoxy) is 1. The van der Waals surface area contributed by atoms with Gasteiger partial charge in [-0.2, -0.15) is 0 Å². The van der Waals surface area contributed by atoms with E-state index in [1.807, 2.05) is 19.2 Å². The molecule has 1 rings (SSSR count). The monoisotopic (exact) mass is 155 g/mol. The number of nitrogens with one attached hydrogen (secondary N) is 1. The summed E-state index contributed by atoms with van der Waals surface area (Å²) in [7, 11) is 0. The average Bonchev–Trinajstić information content (AvgIpc) is 2.07. The van der Waals surface area contributed by atoms with Gasteiger partial charge in [0.05, 0.1) is 6.61 Å². The molecular weight excluding hydrogens is 142 g/mol. The van der Waals surface area contributed by atoms with Crippen LogP contribution in [-0.4, -0.2) is 18.6 Å². The molecule has 1 N–H and O–H groups in total. The molecule has 1 heterocycles. The van der Waals surface area contributed by atoms with Gasteiger partial charge in [-0.1, -0.05) is 6.08 Å². The molecule has 1 atom stereocenters. The van der Waals surface area contributed by atoms with Gasteiger partial charge in [0.1, 0.15) is 6.04 Å². The highest BCUT2D eigenvalue weighted by Crippen LogP contribution is 2.05. The largest absolute Gasteiger partial charge is 0.464 e. The molecule has 0 aromatic heterocycles. The molecule has 0 aromatic carbocycles. The molecule has 1 aliphatic rings. The van der Waals surface area contributed by atoms with E-state index in [-0.39, 0.29) is 12.0 Å². The Labute approximate surface area is 66.4 Å². The lowest BCUT2D eigenvalue weighted by Crippen LogP contribution is -2.36. The molecule has 0 aromatic rings. The van der Waals surface area contributed by atoms with Crippen LogP contribution in [-0.2, 0) is 9.53 Å². The van der Waals surface area contributed by atoms with Gasteiger partial charge in [0, 0.05) is 0 Å². The fourth-order valence-electron chi connectivity index (χ4n) is 1.04. The topological polar surface area (TPSA) is 38.3 Å². The number of hydrogen-bond donors (Lipinski definition) is 1. The van der Waals surface area contributed by atoms with Gasteiger partial charge in [0.25, 0.3) is 0 Å². The SMILES string of the molecule is CCOC(=O)C1CCC=CN1. The normalized spacial score (nSPS) is 22.5. The Hall–Kier alpha value is -0.990. The maximum atomic E-state index is 11.1. The fourth-order valence-corrected chi connectivity index (χ4v) is 1.04. The number of esters is 1. The first-order valence-corrected chi connectivity index (χ1v) is 3.92. The first-order valence-electron chi connectivity index (χ1n) is 3.92. The summed E-state index contributed by atoms with van der Waals surface area (Å²) in [5, 5.41) is 2.95. The predicted octanol–water partition coefficient (Wildman–Crippen LogP) is 0.815. The maximum Gasteiger partial charge on any atom is 0.328 e. The van der Waals surface area contributed by atoms with Gasteiger partial charge in [-0.3, -0.25) is 0 Å². The Morgan fingerprint density at radius 2 is 2.64 bits per heavy atom. The van der Waals surface area contributed by atoms with Crippen LogP contribution >= 0.6 is 0 Å². The zero-order chi connectivity index (χ0) is 8.10. The second kappa shape index (κ2) is 4.01. The molecular formula is C8H13NO2. The predicted molar refractivity (Wildman–Crippen MR) is 41.9 cm³/mol. The molecule has 0 radical (unpaired) electrons. The second-order valence-electron chi connectivity index (χ2n) is 2.45. The highest BCUT2D eigenvalue weighted by atomic mass is 16.5. The standard InChI is InChI=1S/C8H13NO2/c1-2-11-8(10)7-5-3-4-6-9-7/h4,6-7,9H,2-3,5H2,1H3. The van der Waals surface area contributed by atoms with Gasteiger partial charge >= 0.3 is 5.97 Å². The van der Waals surface area contributed by atoms with E-state index in [1.165, 1.54) is 0 Å². The van der Waals surface area contributed by atoms with E-state index in [4.69, 9.17) is 4.74 Å². The van der Waals surface area contributed by atoms with Gasteiger partial charge in [-0.25, -0.2) is 4.79 Å². The Kier molecular flexibility index (Phi) is 2.95. The zero-order valence-electron chi connectivity index (χ0n) is 6.67. The third kappa shape index (κ3) is 2.26. The van der Waals surface area contributed by atoms with Crippen molar-refractivity contribution in [1.29, 1.82) is 0 Å². The van der Waals surface area contributed by atoms with Crippen LogP contribution in [0.2, 0.25) is 0 Å². The highest BCUT2D eigenvalue weighted by Gasteiger charge is 2.18. The summed E-state index contributed by atoms with van der Waals surface area (Å²) in [5.41, 5.74) is 0. The Morgan fingerprint density at radius 1 is 1.82 bits per heavy atom. The molecule has 0 aliphatic carbocycles. The number of carbonyl (C=O) groups is 1. The number of carbonyl (C=O) groups excluding carboxylic acids is 1. The smallest absolute Gasteiger partial charge is 0.328 e. The van der Waals surface area contributed by atoms with Crippen LogP contribution in [0.3, 0.4) is 0 Å². The van der Waals surface area contributed by atoms with E-state index in [9.17, 15) is 4.79 Å². The summed E-state index contributed by atoms with van der Waals surface area (Å²) < 4.78 is 4.85. The van der Waals surface area contributed by atoms with E-state index >= 15 is 0 Å². The second-order valence-corrected chi connectivity index (χ2v) is 2.45. The molecule has 0 bridgehead atoms. The molecule has 1 unspecified atom stereocenters. The van der Waals surface area contributed by atoms with E-state index in [1.54, 1.807) is 0 Å². The molecule has 0 fully saturated rings. The third-order valence-electron chi connectivity index (χ3n) is 1.61. The minimum atomic E-state index is -0.142. The summed E-state index contributed by atoms with van der Waals surface area (Å²) in [5.74, 6) is -0.142. The third-order valence-corrected chi connectivity index (χ3v) is 1.61. The highest BCUT2D eigenvalue weighted by molar-refractivity contribution is 5.76. The van der Waals surface area contributed by atoms with Gasteiger partial charge in [-0.15, -0.1) is 0 Å². The zero-order valence-corrected chi connectivity index (χ0v) is 6.67. The Balaban J connectivity index is 2.34. The molecule has 3 heteroatoms. The van der Waals surface area contributed by atoms with Gasteiger partial charge in [0.2, 0.25) is 0 Å². The molecule has 11 heavy (non-hydrogen) atoms. The number of allylic oxidation sites excluding steroid dienone is 1. The minimum absolute atomic E-state index is 0.125. The van der Waals surface area contributed by atoms with Crippen molar-refractivity contribution in [3.63, 3.8) is 0 Å². The Bertz CT molecular complexity index is 165. The van der Waals surface area contributed by atoms with Gasteiger partial charge in [-0.05, 0) is 26.0 Å². The molecule has 0 spiro atoms. The first-order chi connectivity index (χ1) is 5.34. The number of rotatable bonds is 2. The van der Waals surface area contributed by atoms with Crippen molar-refractivity contribution in [3.05, 3.63) is 12.3 Å². The van der Waals surface area contributed by atoms with Crippen LogP contribution in [0, 0.1) is 0 Å². The van der Waals surface area contributed by atoms with E-state index in [2.05, 4.69) is 5.32 Å². The Morgan fingerprint density at radius 3 is 3.18 bits per heavy atom. The number of hydrogen-bond acceptors (Lipinski definition) is 3. The van der Waals surface area contributed by atoms with Gasteiger partial charge < -0.3 is 10.1 Å². The summed E-state index contributed by atoms with van der Waals surface area (Å²) in [4.78, 5) is 11.1. The van der Waals surface area contributed by atoms with E-state index in [0.717, 1.165) is 12.8 Å². The van der Waals surface area contributed by atoms with Crippen LogP contribution in [0.1, 0.15) is 19.8 Å². The van der Waals surface area contributed by atoms with Crippen LogP contribution in [0.15, 0.2) is 12.3 Å². The lowest BCUT2D eigenvalue weighted by atomic mass is 10.1. The van der Waals surface area contributed by atoms with Crippen molar-refractivity contribution in [1.82, 2.24) is 5.32 Å². The van der Waals surface area contributed by atoms with Crippen LogP contribution in [0.5, 0.6) is 0 Å². The van der Waals surface area contributed by atoms with Crippen LogP contribution < -0.4 is 5.32 Å². The average molecular weight is 155 g/mol. The lowest BCUT2D eigenvalue weighted by Gasteiger charge is -2.17. The van der Waals surface area contributed by atoms with E-state index < -0.39 is 0 Å². The summed E-state index contributed by atoms with van der Waals surface area (Å²) in [6.45, 7) is 2.28. The quantitative estimate of drug-likeness (QED) is 0.600. The molecule has 0 saturated carbocycles. The van der Waals surface area contributed by atoms with Crippen molar-refractivity contribution in [3.8, 4) is 0 Å². The maximum absolute atomic E-state index is 11.1. The van der Waals surface area contributed by atoms with Gasteiger partial charge in [0.15, 0.2) is 0 Å². The lowest BCUT2D eigenvalue weighted by molar-refractivity contribution is -0.145. The van der Waals surface area contributed by atoms with E-state index in [0.29, 0.717) is 6.61 Å². The minimum Gasteiger partial charge on any atom is -0.464 e. The van der Waals surface area contributed by atoms with Crippen molar-refractivity contribution in [2.75, 3.05) is 6.61 Å². The summed E-state index contributed by atoms with van der Waals surface area (Å²) in [6.07, 6.45) is 5.62. The molecule has 62 valence electrons. The molecule has 3 nitrogen and oxygen atoms in total. The molecule has 0 saturated heterocycles. The van der Waals surface area contributed by atoms with Crippen molar-refractivity contribution in [2.45, 2.75) is 25.8 Å².